The van der Waals surface area contributed by atoms with E-state index < -0.39 is 5.97 Å². The number of hydrogen-bond donors (Lipinski definition) is 1. The van der Waals surface area contributed by atoms with Crippen molar-refractivity contribution in [3.8, 4) is 17.0 Å². The molecule has 96 valence electrons. The van der Waals surface area contributed by atoms with Crippen molar-refractivity contribution < 1.29 is 14.6 Å². The summed E-state index contributed by atoms with van der Waals surface area (Å²) in [6, 6.07) is 7.60. The summed E-state index contributed by atoms with van der Waals surface area (Å²) in [5.41, 5.74) is 4.85. The summed E-state index contributed by atoms with van der Waals surface area (Å²) in [5, 5.41) is 9.14. The molecule has 0 fully saturated rings. The molecule has 4 heteroatoms. The topological polar surface area (TPSA) is 59.4 Å². The number of benzene rings is 1. The molecule has 1 aliphatic rings. The molecule has 0 atom stereocenters. The minimum atomic E-state index is -0.929. The molecule has 0 spiro atoms. The van der Waals surface area contributed by atoms with Gasteiger partial charge < -0.3 is 9.84 Å². The average molecular weight is 255 g/mol. The minimum absolute atomic E-state index is 0.276. The van der Waals surface area contributed by atoms with Gasteiger partial charge >= 0.3 is 5.97 Å². The molecule has 0 bridgehead atoms. The second-order valence-corrected chi connectivity index (χ2v) is 4.63. The molecular weight excluding hydrogens is 242 g/mol. The van der Waals surface area contributed by atoms with E-state index in [1.54, 1.807) is 20.1 Å². The SMILES string of the molecule is COc1ccc2c(c1)-c1nc(C)c(C(=O)O)cc1C2. The zero-order valence-corrected chi connectivity index (χ0v) is 10.7. The number of carboxylic acids is 1. The van der Waals surface area contributed by atoms with Gasteiger partial charge in [0.15, 0.2) is 0 Å². The predicted octanol–water partition coefficient (Wildman–Crippen LogP) is 2.67. The summed E-state index contributed by atoms with van der Waals surface area (Å²) in [6.45, 7) is 1.72. The van der Waals surface area contributed by atoms with Crippen molar-refractivity contribution in [2.75, 3.05) is 7.11 Å². The Morgan fingerprint density at radius 2 is 2.11 bits per heavy atom. The zero-order chi connectivity index (χ0) is 13.6. The van der Waals surface area contributed by atoms with Crippen LogP contribution in [-0.4, -0.2) is 23.2 Å². The molecule has 1 aromatic heterocycles. The lowest BCUT2D eigenvalue weighted by Crippen LogP contribution is -2.03. The normalized spacial score (nSPS) is 11.9. The first-order valence-corrected chi connectivity index (χ1v) is 6.01. The fourth-order valence-electron chi connectivity index (χ4n) is 2.49. The fraction of sp³-hybridized carbons (Fsp3) is 0.200. The smallest absolute Gasteiger partial charge is 0.337 e. The number of ether oxygens (including phenoxy) is 1. The van der Waals surface area contributed by atoms with Gasteiger partial charge in [-0.25, -0.2) is 4.79 Å². The molecule has 19 heavy (non-hydrogen) atoms. The number of hydrogen-bond acceptors (Lipinski definition) is 3. The number of aryl methyl sites for hydroxylation is 1. The Kier molecular flexibility index (Phi) is 2.52. The van der Waals surface area contributed by atoms with Gasteiger partial charge in [0, 0.05) is 12.0 Å². The number of aromatic nitrogens is 1. The van der Waals surface area contributed by atoms with Gasteiger partial charge in [0.1, 0.15) is 5.75 Å². The highest BCUT2D eigenvalue weighted by molar-refractivity contribution is 5.90. The Labute approximate surface area is 110 Å². The Morgan fingerprint density at radius 1 is 1.32 bits per heavy atom. The van der Waals surface area contributed by atoms with Crippen LogP contribution in [0.4, 0.5) is 0 Å². The third-order valence-electron chi connectivity index (χ3n) is 3.48. The third-order valence-corrected chi connectivity index (χ3v) is 3.48. The molecule has 2 aromatic rings. The standard InChI is InChI=1S/C15H13NO3/c1-8-12(15(17)18)6-10-5-9-3-4-11(19-2)7-13(9)14(10)16-8/h3-4,6-7H,5H2,1-2H3,(H,17,18). The van der Waals surface area contributed by atoms with Crippen LogP contribution in [0.5, 0.6) is 5.75 Å². The van der Waals surface area contributed by atoms with E-state index >= 15 is 0 Å². The molecule has 0 aliphatic heterocycles. The summed E-state index contributed by atoms with van der Waals surface area (Å²) in [4.78, 5) is 15.6. The Morgan fingerprint density at radius 3 is 2.79 bits per heavy atom. The molecule has 0 amide bonds. The largest absolute Gasteiger partial charge is 0.497 e. The van der Waals surface area contributed by atoms with E-state index in [4.69, 9.17) is 9.84 Å². The van der Waals surface area contributed by atoms with Gasteiger partial charge in [0.25, 0.3) is 0 Å². The molecule has 0 radical (unpaired) electrons. The molecule has 0 saturated heterocycles. The van der Waals surface area contributed by atoms with Gasteiger partial charge in [-0.3, -0.25) is 4.98 Å². The highest BCUT2D eigenvalue weighted by atomic mass is 16.5. The van der Waals surface area contributed by atoms with Gasteiger partial charge in [-0.05, 0) is 36.2 Å². The van der Waals surface area contributed by atoms with E-state index in [0.29, 0.717) is 5.69 Å². The summed E-state index contributed by atoms with van der Waals surface area (Å²) < 4.78 is 5.22. The van der Waals surface area contributed by atoms with Crippen LogP contribution in [0, 0.1) is 6.92 Å². The van der Waals surface area contributed by atoms with Gasteiger partial charge in [0.2, 0.25) is 0 Å². The van der Waals surface area contributed by atoms with Crippen LogP contribution in [-0.2, 0) is 6.42 Å². The van der Waals surface area contributed by atoms with E-state index in [1.807, 2.05) is 18.2 Å². The Balaban J connectivity index is 2.19. The maximum atomic E-state index is 11.1. The number of rotatable bonds is 2. The van der Waals surface area contributed by atoms with Gasteiger partial charge in [-0.15, -0.1) is 0 Å². The molecule has 0 saturated carbocycles. The van der Waals surface area contributed by atoms with Gasteiger partial charge in [0.05, 0.1) is 24.1 Å². The van der Waals surface area contributed by atoms with Crippen molar-refractivity contribution >= 4 is 5.97 Å². The van der Waals surface area contributed by atoms with E-state index in [2.05, 4.69) is 4.98 Å². The molecule has 1 heterocycles. The summed E-state index contributed by atoms with van der Waals surface area (Å²) in [6.07, 6.45) is 0.724. The molecule has 4 nitrogen and oxygen atoms in total. The summed E-state index contributed by atoms with van der Waals surface area (Å²) in [5.74, 6) is -0.144. The van der Waals surface area contributed by atoms with Crippen molar-refractivity contribution in [2.45, 2.75) is 13.3 Å². The lowest BCUT2D eigenvalue weighted by atomic mass is 10.1. The highest BCUT2D eigenvalue weighted by Gasteiger charge is 2.23. The van der Waals surface area contributed by atoms with Crippen LogP contribution in [0.15, 0.2) is 24.3 Å². The number of aromatic carboxylic acids is 1. The number of fused-ring (bicyclic) bond motifs is 3. The Hall–Kier alpha value is -2.36. The molecule has 1 N–H and O–H groups in total. The quantitative estimate of drug-likeness (QED) is 0.764. The average Bonchev–Trinajstić information content (AvgIpc) is 2.74. The van der Waals surface area contributed by atoms with E-state index in [0.717, 1.165) is 34.6 Å². The Bertz CT molecular complexity index is 692. The molecule has 1 aromatic carbocycles. The zero-order valence-electron chi connectivity index (χ0n) is 10.7. The van der Waals surface area contributed by atoms with Crippen LogP contribution >= 0.6 is 0 Å². The van der Waals surface area contributed by atoms with Crippen LogP contribution in [0.2, 0.25) is 0 Å². The van der Waals surface area contributed by atoms with Crippen LogP contribution in [0.1, 0.15) is 27.2 Å². The number of pyridine rings is 1. The number of nitrogens with zero attached hydrogens (tertiary/aromatic N) is 1. The maximum Gasteiger partial charge on any atom is 0.337 e. The lowest BCUT2D eigenvalue weighted by Gasteiger charge is -2.06. The third kappa shape index (κ3) is 1.76. The van der Waals surface area contributed by atoms with Gasteiger partial charge in [-0.2, -0.15) is 0 Å². The van der Waals surface area contributed by atoms with Crippen LogP contribution in [0.3, 0.4) is 0 Å². The summed E-state index contributed by atoms with van der Waals surface area (Å²) >= 11 is 0. The van der Waals surface area contributed by atoms with E-state index in [1.165, 1.54) is 0 Å². The summed E-state index contributed by atoms with van der Waals surface area (Å²) in [7, 11) is 1.63. The lowest BCUT2D eigenvalue weighted by molar-refractivity contribution is 0.0695. The second kappa shape index (κ2) is 4.09. The van der Waals surface area contributed by atoms with Gasteiger partial charge in [-0.1, -0.05) is 6.07 Å². The number of methoxy groups -OCH3 is 1. The first-order chi connectivity index (χ1) is 9.10. The van der Waals surface area contributed by atoms with Crippen LogP contribution < -0.4 is 4.74 Å². The minimum Gasteiger partial charge on any atom is -0.497 e. The van der Waals surface area contributed by atoms with Crippen molar-refractivity contribution in [3.05, 3.63) is 46.6 Å². The van der Waals surface area contributed by atoms with Crippen molar-refractivity contribution in [1.82, 2.24) is 4.98 Å². The second-order valence-electron chi connectivity index (χ2n) is 4.63. The highest BCUT2D eigenvalue weighted by Crippen LogP contribution is 2.38. The monoisotopic (exact) mass is 255 g/mol. The maximum absolute atomic E-state index is 11.1. The molecule has 3 rings (SSSR count). The number of carboxylic acid groups (broad SMARTS) is 1. The molecule has 0 unspecified atom stereocenters. The van der Waals surface area contributed by atoms with E-state index in [-0.39, 0.29) is 5.56 Å². The fourth-order valence-corrected chi connectivity index (χ4v) is 2.49. The first kappa shape index (κ1) is 11.7. The predicted molar refractivity (Wildman–Crippen MR) is 70.7 cm³/mol. The van der Waals surface area contributed by atoms with Crippen molar-refractivity contribution in [3.63, 3.8) is 0 Å². The van der Waals surface area contributed by atoms with E-state index in [9.17, 15) is 4.79 Å². The molecular formula is C15H13NO3. The molecule has 1 aliphatic carbocycles. The van der Waals surface area contributed by atoms with Crippen LogP contribution in [0.25, 0.3) is 11.3 Å². The van der Waals surface area contributed by atoms with Crippen molar-refractivity contribution in [1.29, 1.82) is 0 Å². The number of carbonyl (C=O) groups is 1. The first-order valence-electron chi connectivity index (χ1n) is 6.01. The van der Waals surface area contributed by atoms with Crippen molar-refractivity contribution in [2.24, 2.45) is 0 Å².